The van der Waals surface area contributed by atoms with Crippen molar-refractivity contribution in [3.05, 3.63) is 24.3 Å². The van der Waals surface area contributed by atoms with E-state index in [1.807, 2.05) is 4.72 Å². The average molecular weight is 355 g/mol. The van der Waals surface area contributed by atoms with Gasteiger partial charge in [-0.3, -0.25) is 4.79 Å². The average Bonchev–Trinajstić information content (AvgIpc) is 2.35. The molecule has 1 aromatic rings. The van der Waals surface area contributed by atoms with Gasteiger partial charge in [0.1, 0.15) is 11.8 Å². The number of alkyl halides is 3. The number of halogens is 3. The lowest BCUT2D eigenvalue weighted by atomic mass is 10.1. The van der Waals surface area contributed by atoms with Crippen LogP contribution in [-0.2, 0) is 14.8 Å². The maximum absolute atomic E-state index is 12.2. The summed E-state index contributed by atoms with van der Waals surface area (Å²) in [7, 11) is -4.31. The predicted octanol–water partition coefficient (Wildman–Crippen LogP) is 2.36. The highest BCUT2D eigenvalue weighted by Crippen LogP contribution is 2.25. The Kier molecular flexibility index (Phi) is 6.00. The Morgan fingerprint density at radius 1 is 1.35 bits per heavy atom. The zero-order valence-electron chi connectivity index (χ0n) is 12.3. The summed E-state index contributed by atoms with van der Waals surface area (Å²) in [5.74, 6) is -2.18. The number of ether oxygens (including phenoxy) is 1. The zero-order valence-corrected chi connectivity index (χ0v) is 13.1. The van der Waals surface area contributed by atoms with Crippen LogP contribution in [0.25, 0.3) is 0 Å². The van der Waals surface area contributed by atoms with Crippen molar-refractivity contribution in [2.24, 2.45) is 5.92 Å². The first-order valence-electron chi connectivity index (χ1n) is 6.51. The van der Waals surface area contributed by atoms with Crippen molar-refractivity contribution in [2.75, 3.05) is 0 Å². The summed E-state index contributed by atoms with van der Waals surface area (Å²) in [6.45, 7) is 3.42. The molecule has 0 saturated heterocycles. The zero-order chi connectivity index (χ0) is 17.8. The first-order valence-corrected chi connectivity index (χ1v) is 8.00. The van der Waals surface area contributed by atoms with E-state index in [2.05, 4.69) is 4.74 Å². The molecule has 0 spiro atoms. The van der Waals surface area contributed by atoms with Crippen LogP contribution >= 0.6 is 0 Å². The van der Waals surface area contributed by atoms with Gasteiger partial charge in [0.25, 0.3) is 0 Å². The smallest absolute Gasteiger partial charge is 0.480 e. The highest BCUT2D eigenvalue weighted by molar-refractivity contribution is 7.89. The van der Waals surface area contributed by atoms with Gasteiger partial charge in [0.05, 0.1) is 4.90 Å². The van der Waals surface area contributed by atoms with Gasteiger partial charge >= 0.3 is 12.3 Å². The number of hydrogen-bond acceptors (Lipinski definition) is 4. The number of aliphatic carboxylic acids is 1. The summed E-state index contributed by atoms with van der Waals surface area (Å²) in [5, 5.41) is 9.04. The van der Waals surface area contributed by atoms with Gasteiger partial charge in [0.2, 0.25) is 10.0 Å². The highest BCUT2D eigenvalue weighted by Gasteiger charge is 2.32. The molecule has 23 heavy (non-hydrogen) atoms. The molecular weight excluding hydrogens is 339 g/mol. The van der Waals surface area contributed by atoms with Gasteiger partial charge in [0, 0.05) is 6.07 Å². The molecule has 0 heterocycles. The van der Waals surface area contributed by atoms with Crippen LogP contribution in [0.2, 0.25) is 0 Å². The van der Waals surface area contributed by atoms with Crippen LogP contribution in [0.5, 0.6) is 5.75 Å². The van der Waals surface area contributed by atoms with Crippen LogP contribution in [0.3, 0.4) is 0 Å². The van der Waals surface area contributed by atoms with Crippen LogP contribution in [0.1, 0.15) is 20.3 Å². The molecular formula is C13H16F3NO5S. The summed E-state index contributed by atoms with van der Waals surface area (Å²) < 4.78 is 66.4. The van der Waals surface area contributed by atoms with Crippen LogP contribution in [-0.4, -0.2) is 31.9 Å². The monoisotopic (exact) mass is 355 g/mol. The Labute approximate surface area is 131 Å². The van der Waals surface area contributed by atoms with E-state index in [1.54, 1.807) is 13.8 Å². The lowest BCUT2D eigenvalue weighted by Crippen LogP contribution is -2.41. The van der Waals surface area contributed by atoms with Gasteiger partial charge < -0.3 is 9.84 Å². The molecule has 0 amide bonds. The third kappa shape index (κ3) is 6.45. The Morgan fingerprint density at radius 2 is 1.96 bits per heavy atom. The minimum atomic E-state index is -4.96. The minimum Gasteiger partial charge on any atom is -0.480 e. The second kappa shape index (κ2) is 7.18. The summed E-state index contributed by atoms with van der Waals surface area (Å²) in [6, 6.07) is 2.33. The Balaban J connectivity index is 3.03. The van der Waals surface area contributed by atoms with E-state index in [9.17, 15) is 26.4 Å². The number of carboxylic acids is 1. The van der Waals surface area contributed by atoms with Crippen LogP contribution in [0.4, 0.5) is 13.2 Å². The minimum absolute atomic E-state index is 0.0350. The largest absolute Gasteiger partial charge is 0.573 e. The van der Waals surface area contributed by atoms with E-state index in [0.29, 0.717) is 6.07 Å². The Hall–Kier alpha value is -1.81. The predicted molar refractivity (Wildman–Crippen MR) is 74.3 cm³/mol. The van der Waals surface area contributed by atoms with Gasteiger partial charge in [-0.15, -0.1) is 13.2 Å². The second-order valence-corrected chi connectivity index (χ2v) is 6.88. The van der Waals surface area contributed by atoms with Crippen molar-refractivity contribution in [3.63, 3.8) is 0 Å². The molecule has 0 radical (unpaired) electrons. The molecule has 10 heteroatoms. The quantitative estimate of drug-likeness (QED) is 0.783. The van der Waals surface area contributed by atoms with E-state index >= 15 is 0 Å². The molecule has 0 bridgehead atoms. The number of rotatable bonds is 7. The van der Waals surface area contributed by atoms with E-state index in [0.717, 1.165) is 18.2 Å². The molecule has 0 aliphatic rings. The fourth-order valence-corrected chi connectivity index (χ4v) is 3.00. The number of sulfonamides is 1. The topological polar surface area (TPSA) is 92.7 Å². The van der Waals surface area contributed by atoms with E-state index in [1.165, 1.54) is 0 Å². The van der Waals surface area contributed by atoms with Gasteiger partial charge in [-0.25, -0.2) is 8.42 Å². The molecule has 1 rings (SSSR count). The van der Waals surface area contributed by atoms with E-state index in [-0.39, 0.29) is 12.3 Å². The first kappa shape index (κ1) is 19.2. The van der Waals surface area contributed by atoms with Crippen LogP contribution < -0.4 is 9.46 Å². The van der Waals surface area contributed by atoms with Crippen molar-refractivity contribution in [2.45, 2.75) is 37.6 Å². The molecule has 0 aliphatic carbocycles. The molecule has 2 N–H and O–H groups in total. The van der Waals surface area contributed by atoms with Crippen molar-refractivity contribution < 1.29 is 36.2 Å². The third-order valence-electron chi connectivity index (χ3n) is 2.65. The highest BCUT2D eigenvalue weighted by atomic mass is 32.2. The van der Waals surface area contributed by atoms with Crippen molar-refractivity contribution in [1.82, 2.24) is 4.72 Å². The molecule has 0 fully saturated rings. The summed E-state index contributed by atoms with van der Waals surface area (Å²) in [5.41, 5.74) is 0. The molecule has 0 unspecified atom stereocenters. The summed E-state index contributed by atoms with van der Waals surface area (Å²) in [4.78, 5) is 10.6. The molecule has 1 atom stereocenters. The first-order chi connectivity index (χ1) is 10.4. The van der Waals surface area contributed by atoms with Crippen LogP contribution in [0.15, 0.2) is 29.2 Å². The van der Waals surface area contributed by atoms with Gasteiger partial charge in [-0.1, -0.05) is 19.9 Å². The third-order valence-corrected chi connectivity index (χ3v) is 4.12. The lowest BCUT2D eigenvalue weighted by Gasteiger charge is -2.17. The van der Waals surface area contributed by atoms with Crippen molar-refractivity contribution in [3.8, 4) is 5.75 Å². The normalized spacial score (nSPS) is 13.8. The van der Waals surface area contributed by atoms with E-state index in [4.69, 9.17) is 5.11 Å². The van der Waals surface area contributed by atoms with E-state index < -0.39 is 39.0 Å². The van der Waals surface area contributed by atoms with Gasteiger partial charge in [0.15, 0.2) is 0 Å². The lowest BCUT2D eigenvalue weighted by molar-refractivity contribution is -0.274. The maximum Gasteiger partial charge on any atom is 0.573 e. The molecule has 0 saturated carbocycles. The number of benzene rings is 1. The molecule has 1 aromatic carbocycles. The fraction of sp³-hybridized carbons (Fsp3) is 0.462. The molecule has 0 aliphatic heterocycles. The maximum atomic E-state index is 12.2. The summed E-state index contributed by atoms with van der Waals surface area (Å²) >= 11 is 0. The number of hydrogen-bond donors (Lipinski definition) is 2. The SMILES string of the molecule is CC(C)C[C@@H](NS(=O)(=O)c1cccc(OC(F)(F)F)c1)C(=O)O. The van der Waals surface area contributed by atoms with Crippen molar-refractivity contribution in [1.29, 1.82) is 0 Å². The number of carboxylic acid groups (broad SMARTS) is 1. The Morgan fingerprint density at radius 3 is 2.43 bits per heavy atom. The standard InChI is InChI=1S/C13H16F3NO5S/c1-8(2)6-11(12(18)19)17-23(20,21)10-5-3-4-9(7-10)22-13(14,15)16/h3-5,7-8,11,17H,6H2,1-2H3,(H,18,19)/t11-/m1/s1. The van der Waals surface area contributed by atoms with Crippen LogP contribution in [0, 0.1) is 5.92 Å². The molecule has 130 valence electrons. The number of carbonyl (C=O) groups is 1. The number of nitrogens with one attached hydrogen (secondary N) is 1. The van der Waals surface area contributed by atoms with Gasteiger partial charge in [-0.2, -0.15) is 4.72 Å². The van der Waals surface area contributed by atoms with Gasteiger partial charge in [-0.05, 0) is 24.5 Å². The summed E-state index contributed by atoms with van der Waals surface area (Å²) in [6.07, 6.45) is -4.93. The molecule has 0 aromatic heterocycles. The Bertz CT molecular complexity index is 658. The van der Waals surface area contributed by atoms with Crippen molar-refractivity contribution >= 4 is 16.0 Å². The fourth-order valence-electron chi connectivity index (χ4n) is 1.76. The second-order valence-electron chi connectivity index (χ2n) is 5.16. The molecule has 6 nitrogen and oxygen atoms in total.